The maximum Gasteiger partial charge on any atom is 0.336 e. The van der Waals surface area contributed by atoms with E-state index in [2.05, 4.69) is 0 Å². The first kappa shape index (κ1) is 15.6. The van der Waals surface area contributed by atoms with Crippen molar-refractivity contribution in [3.63, 3.8) is 0 Å². The molecule has 1 aromatic rings. The topological polar surface area (TPSA) is 115 Å². The van der Waals surface area contributed by atoms with E-state index < -0.39 is 28.2 Å². The Labute approximate surface area is 129 Å². The first-order valence-corrected chi connectivity index (χ1v) is 8.14. The largest absolute Gasteiger partial charge is 0.478 e. The number of carbonyl (C=O) groups is 1. The van der Waals surface area contributed by atoms with Gasteiger partial charge in [-0.25, -0.2) is 13.2 Å². The van der Waals surface area contributed by atoms with Gasteiger partial charge in [0.05, 0.1) is 22.7 Å². The molecule has 9 heteroatoms. The van der Waals surface area contributed by atoms with Crippen LogP contribution in [0, 0.1) is 3.57 Å². The molecule has 7 nitrogen and oxygen atoms in total. The summed E-state index contributed by atoms with van der Waals surface area (Å²) in [7, 11) is -3.93. The van der Waals surface area contributed by atoms with E-state index in [9.17, 15) is 23.4 Å². The van der Waals surface area contributed by atoms with Crippen LogP contribution < -0.4 is 0 Å². The lowest BCUT2D eigenvalue weighted by Crippen LogP contribution is -2.30. The van der Waals surface area contributed by atoms with E-state index >= 15 is 0 Å². The standard InChI is InChI=1S/C11H12INO6S/c12-8-2-1-6(3-7(8)11(16)17)20(18,19)13-4-9(14)10(15)5-13/h1-3,9-10,14-15H,4-5H2,(H,16,17)/t9-,10+. The third-order valence-electron chi connectivity index (χ3n) is 3.03. The smallest absolute Gasteiger partial charge is 0.336 e. The first-order chi connectivity index (χ1) is 9.23. The van der Waals surface area contributed by atoms with Gasteiger partial charge in [0.25, 0.3) is 0 Å². The highest BCUT2D eigenvalue weighted by molar-refractivity contribution is 14.1. The molecule has 2 rings (SSSR count). The first-order valence-electron chi connectivity index (χ1n) is 5.62. The van der Waals surface area contributed by atoms with E-state index in [1.165, 1.54) is 12.1 Å². The summed E-state index contributed by atoms with van der Waals surface area (Å²) in [5.41, 5.74) is -0.105. The van der Waals surface area contributed by atoms with Crippen molar-refractivity contribution in [2.75, 3.05) is 13.1 Å². The van der Waals surface area contributed by atoms with Crippen molar-refractivity contribution in [1.29, 1.82) is 0 Å². The molecular weight excluding hydrogens is 401 g/mol. The molecule has 3 N–H and O–H groups in total. The minimum atomic E-state index is -3.93. The lowest BCUT2D eigenvalue weighted by atomic mass is 10.2. The number of aliphatic hydroxyl groups excluding tert-OH is 2. The predicted molar refractivity (Wildman–Crippen MR) is 76.9 cm³/mol. The van der Waals surface area contributed by atoms with Gasteiger partial charge in [-0.1, -0.05) is 0 Å². The average Bonchev–Trinajstić information content (AvgIpc) is 2.70. The molecule has 0 amide bonds. The molecule has 1 heterocycles. The van der Waals surface area contributed by atoms with E-state index in [4.69, 9.17) is 5.11 Å². The Morgan fingerprint density at radius 2 is 1.80 bits per heavy atom. The van der Waals surface area contributed by atoms with Gasteiger partial charge in [-0.2, -0.15) is 4.31 Å². The Kier molecular flexibility index (Phi) is 4.35. The third-order valence-corrected chi connectivity index (χ3v) is 5.80. The number of carboxylic acid groups (broad SMARTS) is 1. The van der Waals surface area contributed by atoms with Crippen molar-refractivity contribution in [3.05, 3.63) is 27.3 Å². The van der Waals surface area contributed by atoms with Crippen LogP contribution in [0.2, 0.25) is 0 Å². The van der Waals surface area contributed by atoms with Gasteiger partial charge in [0.1, 0.15) is 0 Å². The van der Waals surface area contributed by atoms with E-state index in [1.54, 1.807) is 22.6 Å². The summed E-state index contributed by atoms with van der Waals surface area (Å²) in [4.78, 5) is 10.9. The second-order valence-corrected chi connectivity index (χ2v) is 7.50. The Hall–Kier alpha value is -0.750. The van der Waals surface area contributed by atoms with Crippen LogP contribution >= 0.6 is 22.6 Å². The van der Waals surface area contributed by atoms with Crippen LogP contribution in [-0.2, 0) is 10.0 Å². The van der Waals surface area contributed by atoms with Crippen LogP contribution in [0.1, 0.15) is 10.4 Å². The SMILES string of the molecule is O=C(O)c1cc(S(=O)(=O)N2C[C@@H](O)[C@@H](O)C2)ccc1I. The number of hydrogen-bond acceptors (Lipinski definition) is 5. The second-order valence-electron chi connectivity index (χ2n) is 4.40. The quantitative estimate of drug-likeness (QED) is 0.588. The number of rotatable bonds is 3. The zero-order valence-electron chi connectivity index (χ0n) is 10.1. The lowest BCUT2D eigenvalue weighted by Gasteiger charge is -2.16. The zero-order valence-corrected chi connectivity index (χ0v) is 13.1. The molecule has 1 aliphatic rings. The molecule has 0 saturated carbocycles. The van der Waals surface area contributed by atoms with Crippen LogP contribution in [0.5, 0.6) is 0 Å². The van der Waals surface area contributed by atoms with Crippen molar-refractivity contribution in [2.45, 2.75) is 17.1 Å². The molecule has 0 radical (unpaired) electrons. The summed E-state index contributed by atoms with van der Waals surface area (Å²) in [5, 5.41) is 27.8. The predicted octanol–water partition coefficient (Wildman–Crippen LogP) is -0.285. The van der Waals surface area contributed by atoms with Crippen LogP contribution in [0.15, 0.2) is 23.1 Å². The van der Waals surface area contributed by atoms with Gasteiger partial charge < -0.3 is 15.3 Å². The monoisotopic (exact) mass is 413 g/mol. The molecule has 0 bridgehead atoms. The van der Waals surface area contributed by atoms with Crippen molar-refractivity contribution in [2.24, 2.45) is 0 Å². The summed E-state index contributed by atoms with van der Waals surface area (Å²) in [6.07, 6.45) is -2.26. The fourth-order valence-corrected chi connectivity index (χ4v) is 3.98. The van der Waals surface area contributed by atoms with E-state index in [0.29, 0.717) is 3.57 Å². The molecule has 1 aromatic carbocycles. The number of halogens is 1. The number of sulfonamides is 1. The minimum absolute atomic E-state index is 0.105. The molecule has 1 saturated heterocycles. The van der Waals surface area contributed by atoms with Crippen molar-refractivity contribution in [1.82, 2.24) is 4.31 Å². The third kappa shape index (κ3) is 2.81. The van der Waals surface area contributed by atoms with Gasteiger partial charge in [-0.05, 0) is 40.8 Å². The number of aromatic carboxylic acids is 1. The molecule has 0 unspecified atom stereocenters. The number of hydrogen-bond donors (Lipinski definition) is 3. The van der Waals surface area contributed by atoms with Gasteiger partial charge in [-0.15, -0.1) is 0 Å². The molecule has 1 fully saturated rings. The highest BCUT2D eigenvalue weighted by atomic mass is 127. The van der Waals surface area contributed by atoms with E-state index in [0.717, 1.165) is 10.4 Å². The maximum atomic E-state index is 12.3. The molecular formula is C11H12INO6S. The number of nitrogens with zero attached hydrogens (tertiary/aromatic N) is 1. The summed E-state index contributed by atoms with van der Waals surface area (Å²) in [6, 6.07) is 3.79. The van der Waals surface area contributed by atoms with Gasteiger partial charge in [0.2, 0.25) is 10.0 Å². The Bertz CT molecular complexity index is 636. The number of benzene rings is 1. The van der Waals surface area contributed by atoms with Gasteiger partial charge in [0, 0.05) is 16.7 Å². The zero-order chi connectivity index (χ0) is 15.1. The van der Waals surface area contributed by atoms with Gasteiger partial charge in [-0.3, -0.25) is 0 Å². The molecule has 2 atom stereocenters. The molecule has 110 valence electrons. The Balaban J connectivity index is 2.40. The van der Waals surface area contributed by atoms with Crippen molar-refractivity contribution in [3.8, 4) is 0 Å². The highest BCUT2D eigenvalue weighted by Gasteiger charge is 2.37. The maximum absolute atomic E-state index is 12.3. The average molecular weight is 413 g/mol. The summed E-state index contributed by atoms with van der Waals surface area (Å²) >= 11 is 1.81. The van der Waals surface area contributed by atoms with E-state index in [1.807, 2.05) is 0 Å². The number of aliphatic hydroxyl groups is 2. The van der Waals surface area contributed by atoms with Crippen molar-refractivity contribution >= 4 is 38.6 Å². The molecule has 1 aliphatic heterocycles. The summed E-state index contributed by atoms with van der Waals surface area (Å²) in [5.74, 6) is -1.21. The molecule has 0 spiro atoms. The second kappa shape index (κ2) is 5.56. The number of carboxylic acids is 1. The molecule has 20 heavy (non-hydrogen) atoms. The fourth-order valence-electron chi connectivity index (χ4n) is 1.91. The van der Waals surface area contributed by atoms with E-state index in [-0.39, 0.29) is 23.5 Å². The summed E-state index contributed by atoms with van der Waals surface area (Å²) < 4.78 is 26.0. The van der Waals surface area contributed by atoms with Crippen LogP contribution in [0.3, 0.4) is 0 Å². The van der Waals surface area contributed by atoms with Crippen LogP contribution in [-0.4, -0.2) is 59.3 Å². The Morgan fingerprint density at radius 3 is 2.30 bits per heavy atom. The fraction of sp³-hybridized carbons (Fsp3) is 0.364. The van der Waals surface area contributed by atoms with Crippen LogP contribution in [0.4, 0.5) is 0 Å². The van der Waals surface area contributed by atoms with Crippen LogP contribution in [0.25, 0.3) is 0 Å². The highest BCUT2D eigenvalue weighted by Crippen LogP contribution is 2.24. The Morgan fingerprint density at radius 1 is 1.25 bits per heavy atom. The van der Waals surface area contributed by atoms with Gasteiger partial charge >= 0.3 is 5.97 Å². The van der Waals surface area contributed by atoms with Crippen molar-refractivity contribution < 1.29 is 28.5 Å². The minimum Gasteiger partial charge on any atom is -0.478 e. The normalized spacial score (nSPS) is 23.9. The lowest BCUT2D eigenvalue weighted by molar-refractivity contribution is 0.0572. The molecule has 0 aromatic heterocycles. The molecule has 0 aliphatic carbocycles. The van der Waals surface area contributed by atoms with Gasteiger partial charge in [0.15, 0.2) is 0 Å². The summed E-state index contributed by atoms with van der Waals surface area (Å²) in [6.45, 7) is -0.421. The number of β-amino-alcohol motifs (C(OH)–C–C–N with tert-alkyl or cyclic N) is 2.